The molecule has 0 aliphatic carbocycles. The molecule has 4 aromatic rings. The Morgan fingerprint density at radius 3 is 2.75 bits per heavy atom. The van der Waals surface area contributed by atoms with Crippen molar-refractivity contribution in [1.82, 2.24) is 9.97 Å². The number of nitrogens with zero attached hydrogens (tertiary/aromatic N) is 3. The Morgan fingerprint density at radius 2 is 1.96 bits per heavy atom. The van der Waals surface area contributed by atoms with E-state index in [1.807, 2.05) is 42.5 Å². The zero-order valence-electron chi connectivity index (χ0n) is 14.8. The van der Waals surface area contributed by atoms with Crippen LogP contribution in [0.3, 0.4) is 0 Å². The van der Waals surface area contributed by atoms with Gasteiger partial charge in [0, 0.05) is 18.5 Å². The summed E-state index contributed by atoms with van der Waals surface area (Å²) in [4.78, 5) is 23.2. The molecule has 6 heteroatoms. The fourth-order valence-corrected chi connectivity index (χ4v) is 3.73. The van der Waals surface area contributed by atoms with E-state index in [0.29, 0.717) is 21.9 Å². The number of amides is 1. The molecule has 4 nitrogen and oxygen atoms in total. The van der Waals surface area contributed by atoms with Crippen LogP contribution in [0, 0.1) is 5.82 Å². The van der Waals surface area contributed by atoms with Crippen LogP contribution < -0.4 is 4.90 Å². The number of carbonyl (C=O) groups excluding carboxylic acids is 1. The molecule has 2 aromatic carbocycles. The van der Waals surface area contributed by atoms with Crippen LogP contribution in [0.4, 0.5) is 9.52 Å². The fourth-order valence-electron chi connectivity index (χ4n) is 2.74. The largest absolute Gasteiger partial charge is 0.280 e. The summed E-state index contributed by atoms with van der Waals surface area (Å²) in [5.41, 5.74) is 2.48. The van der Waals surface area contributed by atoms with Crippen molar-refractivity contribution >= 4 is 38.7 Å². The van der Waals surface area contributed by atoms with E-state index in [9.17, 15) is 9.18 Å². The van der Waals surface area contributed by atoms with Crippen LogP contribution in [0.2, 0.25) is 0 Å². The Hall–Kier alpha value is -3.38. The minimum absolute atomic E-state index is 0.202. The molecule has 0 saturated carbocycles. The summed E-state index contributed by atoms with van der Waals surface area (Å²) in [5.74, 6) is -0.524. The zero-order valence-corrected chi connectivity index (χ0v) is 15.6. The van der Waals surface area contributed by atoms with Gasteiger partial charge in [0.05, 0.1) is 16.8 Å². The number of rotatable bonds is 5. The van der Waals surface area contributed by atoms with Gasteiger partial charge in [0.1, 0.15) is 5.82 Å². The molecule has 0 atom stereocenters. The Bertz CT molecular complexity index is 1130. The monoisotopic (exact) mass is 389 g/mol. The van der Waals surface area contributed by atoms with Crippen molar-refractivity contribution in [2.45, 2.75) is 6.54 Å². The van der Waals surface area contributed by atoms with E-state index in [4.69, 9.17) is 0 Å². The highest BCUT2D eigenvalue weighted by Crippen LogP contribution is 2.30. The number of hydrogen-bond acceptors (Lipinski definition) is 4. The van der Waals surface area contributed by atoms with Gasteiger partial charge in [-0.1, -0.05) is 47.7 Å². The first-order chi connectivity index (χ1) is 13.7. The summed E-state index contributed by atoms with van der Waals surface area (Å²) in [6, 6.07) is 17.8. The fraction of sp³-hybridized carbons (Fsp3) is 0.0455. The molecule has 28 heavy (non-hydrogen) atoms. The Morgan fingerprint density at radius 1 is 1.11 bits per heavy atom. The minimum Gasteiger partial charge on any atom is -0.280 e. The molecular formula is C22H16FN3OS. The quantitative estimate of drug-likeness (QED) is 0.447. The summed E-state index contributed by atoms with van der Waals surface area (Å²) in [6.45, 7) is 0.327. The van der Waals surface area contributed by atoms with Gasteiger partial charge in [0.15, 0.2) is 5.13 Å². The van der Waals surface area contributed by atoms with Gasteiger partial charge in [-0.2, -0.15) is 0 Å². The van der Waals surface area contributed by atoms with Gasteiger partial charge in [-0.3, -0.25) is 14.7 Å². The van der Waals surface area contributed by atoms with E-state index >= 15 is 0 Å². The molecular weight excluding hydrogens is 373 g/mol. The summed E-state index contributed by atoms with van der Waals surface area (Å²) >= 11 is 1.29. The molecule has 0 aliphatic rings. The smallest absolute Gasteiger partial charge is 0.253 e. The number of aromatic nitrogens is 2. The lowest BCUT2D eigenvalue weighted by atomic mass is 10.2. The van der Waals surface area contributed by atoms with Crippen molar-refractivity contribution in [2.75, 3.05) is 4.90 Å². The topological polar surface area (TPSA) is 46.1 Å². The van der Waals surface area contributed by atoms with Gasteiger partial charge in [-0.05, 0) is 41.5 Å². The second kappa shape index (κ2) is 8.10. The van der Waals surface area contributed by atoms with Crippen molar-refractivity contribution < 1.29 is 9.18 Å². The zero-order chi connectivity index (χ0) is 19.3. The molecule has 2 aromatic heterocycles. The van der Waals surface area contributed by atoms with E-state index < -0.39 is 0 Å². The third-order valence-electron chi connectivity index (χ3n) is 4.12. The Balaban J connectivity index is 1.68. The number of benzene rings is 2. The second-order valence-electron chi connectivity index (χ2n) is 6.14. The number of fused-ring (bicyclic) bond motifs is 1. The summed E-state index contributed by atoms with van der Waals surface area (Å²) in [7, 11) is 0. The second-order valence-corrected chi connectivity index (χ2v) is 7.15. The maximum atomic E-state index is 13.5. The van der Waals surface area contributed by atoms with E-state index in [0.717, 1.165) is 11.1 Å². The molecule has 0 bridgehead atoms. The van der Waals surface area contributed by atoms with E-state index in [1.54, 1.807) is 29.4 Å². The molecule has 1 amide bonds. The molecule has 4 rings (SSSR count). The lowest BCUT2D eigenvalue weighted by Crippen LogP contribution is -2.28. The molecule has 138 valence electrons. The van der Waals surface area contributed by atoms with Crippen LogP contribution in [0.25, 0.3) is 16.3 Å². The lowest BCUT2D eigenvalue weighted by Gasteiger charge is -2.18. The molecule has 0 unspecified atom stereocenters. The van der Waals surface area contributed by atoms with Gasteiger partial charge in [-0.25, -0.2) is 9.37 Å². The molecule has 0 aliphatic heterocycles. The van der Waals surface area contributed by atoms with Crippen molar-refractivity contribution in [1.29, 1.82) is 0 Å². The van der Waals surface area contributed by atoms with E-state index in [-0.39, 0.29) is 11.7 Å². The SMILES string of the molecule is O=C(C=Cc1ccccc1)N(Cc1cccnc1)c1nc2ccc(F)cc2s1. The third kappa shape index (κ3) is 4.13. The molecule has 0 spiro atoms. The molecule has 0 N–H and O–H groups in total. The number of anilines is 1. The summed E-state index contributed by atoms with van der Waals surface area (Å²) in [6.07, 6.45) is 6.70. The first-order valence-electron chi connectivity index (χ1n) is 8.69. The average molecular weight is 389 g/mol. The van der Waals surface area contributed by atoms with Gasteiger partial charge >= 0.3 is 0 Å². The molecule has 0 fully saturated rings. The number of hydrogen-bond donors (Lipinski definition) is 0. The maximum Gasteiger partial charge on any atom is 0.253 e. The van der Waals surface area contributed by atoms with Gasteiger partial charge in [0.2, 0.25) is 0 Å². The van der Waals surface area contributed by atoms with Gasteiger partial charge in [0.25, 0.3) is 5.91 Å². The number of halogens is 1. The summed E-state index contributed by atoms with van der Waals surface area (Å²) in [5, 5.41) is 0.521. The van der Waals surface area contributed by atoms with E-state index in [1.165, 1.54) is 29.5 Å². The third-order valence-corrected chi connectivity index (χ3v) is 5.16. The number of carbonyl (C=O) groups is 1. The van der Waals surface area contributed by atoms with Crippen molar-refractivity contribution in [3.05, 3.63) is 96.1 Å². The highest BCUT2D eigenvalue weighted by molar-refractivity contribution is 7.22. The van der Waals surface area contributed by atoms with Crippen LogP contribution in [-0.2, 0) is 11.3 Å². The highest BCUT2D eigenvalue weighted by Gasteiger charge is 2.18. The predicted octanol–water partition coefficient (Wildman–Crippen LogP) is 5.08. The summed E-state index contributed by atoms with van der Waals surface area (Å²) < 4.78 is 14.2. The maximum absolute atomic E-state index is 13.5. The van der Waals surface area contributed by atoms with Crippen molar-refractivity contribution in [2.24, 2.45) is 0 Å². The minimum atomic E-state index is -0.322. The standard InChI is InChI=1S/C22H16FN3OS/c23-18-9-10-19-20(13-18)28-22(25-19)26(15-17-7-4-12-24-14-17)21(27)11-8-16-5-2-1-3-6-16/h1-14H,15H2. The molecule has 2 heterocycles. The average Bonchev–Trinajstić information content (AvgIpc) is 3.14. The van der Waals surface area contributed by atoms with Crippen molar-refractivity contribution in [3.8, 4) is 0 Å². The number of thiazole rings is 1. The van der Waals surface area contributed by atoms with E-state index in [2.05, 4.69) is 9.97 Å². The Kier molecular flexibility index (Phi) is 5.21. The van der Waals surface area contributed by atoms with Gasteiger partial charge in [-0.15, -0.1) is 0 Å². The van der Waals surface area contributed by atoms with Crippen molar-refractivity contribution in [3.63, 3.8) is 0 Å². The first kappa shape index (κ1) is 18.0. The molecule has 0 radical (unpaired) electrons. The van der Waals surface area contributed by atoms with Crippen LogP contribution in [0.5, 0.6) is 0 Å². The highest BCUT2D eigenvalue weighted by atomic mass is 32.1. The van der Waals surface area contributed by atoms with Crippen LogP contribution >= 0.6 is 11.3 Å². The lowest BCUT2D eigenvalue weighted by molar-refractivity contribution is -0.114. The van der Waals surface area contributed by atoms with Crippen LogP contribution in [0.15, 0.2) is 79.1 Å². The van der Waals surface area contributed by atoms with Crippen LogP contribution in [-0.4, -0.2) is 15.9 Å². The van der Waals surface area contributed by atoms with Gasteiger partial charge < -0.3 is 0 Å². The normalized spacial score (nSPS) is 11.2. The predicted molar refractivity (Wildman–Crippen MR) is 110 cm³/mol. The first-order valence-corrected chi connectivity index (χ1v) is 9.50. The van der Waals surface area contributed by atoms with Crippen LogP contribution in [0.1, 0.15) is 11.1 Å². The molecule has 0 saturated heterocycles. The number of pyridine rings is 1. The Labute approximate surface area is 165 Å².